The third kappa shape index (κ3) is 2.14. The van der Waals surface area contributed by atoms with Crippen molar-refractivity contribution in [3.8, 4) is 0 Å². The Morgan fingerprint density at radius 2 is 1.93 bits per heavy atom. The molecular formula is C11H9ClN2O. The van der Waals surface area contributed by atoms with E-state index in [0.29, 0.717) is 16.1 Å². The van der Waals surface area contributed by atoms with Crippen LogP contribution in [0.1, 0.15) is 17.2 Å². The fourth-order valence-corrected chi connectivity index (χ4v) is 1.55. The molecule has 2 aromatic heterocycles. The first-order valence-electron chi connectivity index (χ1n) is 4.46. The fraction of sp³-hybridized carbons (Fsp3) is 0.0909. The maximum Gasteiger partial charge on any atom is 0.107 e. The van der Waals surface area contributed by atoms with Crippen LogP contribution in [0.25, 0.3) is 0 Å². The first-order chi connectivity index (χ1) is 7.29. The Morgan fingerprint density at radius 1 is 1.13 bits per heavy atom. The Labute approximate surface area is 92.4 Å². The van der Waals surface area contributed by atoms with Crippen molar-refractivity contribution in [3.05, 3.63) is 59.1 Å². The van der Waals surface area contributed by atoms with Crippen LogP contribution in [0, 0.1) is 0 Å². The summed E-state index contributed by atoms with van der Waals surface area (Å²) < 4.78 is 0. The molecule has 0 saturated heterocycles. The molecule has 0 bridgehead atoms. The van der Waals surface area contributed by atoms with E-state index in [1.807, 2.05) is 0 Å². The van der Waals surface area contributed by atoms with Gasteiger partial charge < -0.3 is 5.11 Å². The van der Waals surface area contributed by atoms with Gasteiger partial charge in [0, 0.05) is 35.9 Å². The van der Waals surface area contributed by atoms with Gasteiger partial charge in [-0.3, -0.25) is 9.97 Å². The molecule has 3 nitrogen and oxygen atoms in total. The van der Waals surface area contributed by atoms with Crippen molar-refractivity contribution in [1.29, 1.82) is 0 Å². The molecule has 0 saturated carbocycles. The lowest BCUT2D eigenvalue weighted by Gasteiger charge is -2.11. The van der Waals surface area contributed by atoms with Gasteiger partial charge in [0.25, 0.3) is 0 Å². The van der Waals surface area contributed by atoms with Crippen molar-refractivity contribution in [2.24, 2.45) is 0 Å². The molecule has 0 aliphatic carbocycles. The number of nitrogens with zero attached hydrogens (tertiary/aromatic N) is 2. The normalized spacial score (nSPS) is 12.4. The van der Waals surface area contributed by atoms with Crippen LogP contribution in [0.4, 0.5) is 0 Å². The monoisotopic (exact) mass is 220 g/mol. The zero-order valence-corrected chi connectivity index (χ0v) is 8.59. The molecule has 76 valence electrons. The zero-order valence-electron chi connectivity index (χ0n) is 7.84. The largest absolute Gasteiger partial charge is 0.384 e. The number of halogens is 1. The van der Waals surface area contributed by atoms with Crippen molar-refractivity contribution < 1.29 is 5.11 Å². The summed E-state index contributed by atoms with van der Waals surface area (Å²) in [5.74, 6) is 0. The Kier molecular flexibility index (Phi) is 2.94. The molecule has 2 heterocycles. The van der Waals surface area contributed by atoms with Gasteiger partial charge in [-0.05, 0) is 12.1 Å². The number of aromatic nitrogens is 2. The number of rotatable bonds is 2. The number of hydrogen-bond donors (Lipinski definition) is 1. The molecule has 0 aliphatic heterocycles. The number of pyridine rings is 2. The lowest BCUT2D eigenvalue weighted by atomic mass is 10.0. The molecule has 1 unspecified atom stereocenters. The van der Waals surface area contributed by atoms with Crippen LogP contribution in [0.3, 0.4) is 0 Å². The van der Waals surface area contributed by atoms with Crippen molar-refractivity contribution in [2.75, 3.05) is 0 Å². The topological polar surface area (TPSA) is 46.0 Å². The summed E-state index contributed by atoms with van der Waals surface area (Å²) in [6.45, 7) is 0. The van der Waals surface area contributed by atoms with Gasteiger partial charge in [-0.15, -0.1) is 0 Å². The Bertz CT molecular complexity index is 447. The molecule has 1 atom stereocenters. The van der Waals surface area contributed by atoms with Crippen molar-refractivity contribution in [2.45, 2.75) is 6.10 Å². The average molecular weight is 221 g/mol. The minimum Gasteiger partial charge on any atom is -0.384 e. The van der Waals surface area contributed by atoms with Crippen LogP contribution < -0.4 is 0 Å². The van der Waals surface area contributed by atoms with E-state index in [-0.39, 0.29) is 0 Å². The van der Waals surface area contributed by atoms with Crippen molar-refractivity contribution in [3.63, 3.8) is 0 Å². The molecule has 0 spiro atoms. The Balaban J connectivity index is 2.37. The van der Waals surface area contributed by atoms with Crippen LogP contribution >= 0.6 is 11.6 Å². The zero-order chi connectivity index (χ0) is 10.7. The van der Waals surface area contributed by atoms with Crippen LogP contribution in [0.5, 0.6) is 0 Å². The Morgan fingerprint density at radius 3 is 2.60 bits per heavy atom. The second kappa shape index (κ2) is 4.38. The van der Waals surface area contributed by atoms with Crippen molar-refractivity contribution >= 4 is 11.6 Å². The second-order valence-electron chi connectivity index (χ2n) is 3.09. The van der Waals surface area contributed by atoms with E-state index >= 15 is 0 Å². The summed E-state index contributed by atoms with van der Waals surface area (Å²) in [5.41, 5.74) is 1.35. The van der Waals surface area contributed by atoms with E-state index < -0.39 is 6.10 Å². The van der Waals surface area contributed by atoms with E-state index in [2.05, 4.69) is 9.97 Å². The summed E-state index contributed by atoms with van der Waals surface area (Å²) in [6.07, 6.45) is 5.62. The first-order valence-corrected chi connectivity index (χ1v) is 4.84. The summed E-state index contributed by atoms with van der Waals surface area (Å²) >= 11 is 5.93. The molecule has 4 heteroatoms. The molecule has 0 aliphatic rings. The minimum atomic E-state index is -0.755. The van der Waals surface area contributed by atoms with E-state index in [0.717, 1.165) is 0 Å². The molecule has 15 heavy (non-hydrogen) atoms. The van der Waals surface area contributed by atoms with Gasteiger partial charge in [0.2, 0.25) is 0 Å². The predicted molar refractivity (Wildman–Crippen MR) is 57.5 cm³/mol. The quantitative estimate of drug-likeness (QED) is 0.844. The van der Waals surface area contributed by atoms with Gasteiger partial charge >= 0.3 is 0 Å². The summed E-state index contributed by atoms with van der Waals surface area (Å²) in [5, 5.41) is 10.5. The van der Waals surface area contributed by atoms with E-state index in [4.69, 9.17) is 11.6 Å². The van der Waals surface area contributed by atoms with E-state index in [1.54, 1.807) is 36.8 Å². The maximum absolute atomic E-state index is 10.0. The summed E-state index contributed by atoms with van der Waals surface area (Å²) in [6, 6.07) is 5.27. The number of aliphatic hydroxyl groups is 1. The van der Waals surface area contributed by atoms with Gasteiger partial charge in [-0.2, -0.15) is 0 Å². The first kappa shape index (κ1) is 10.1. The van der Waals surface area contributed by atoms with Crippen molar-refractivity contribution in [1.82, 2.24) is 9.97 Å². The van der Waals surface area contributed by atoms with Crippen LogP contribution in [0.15, 0.2) is 43.0 Å². The molecule has 1 N–H and O–H groups in total. The van der Waals surface area contributed by atoms with E-state index in [9.17, 15) is 5.11 Å². The third-order valence-corrected chi connectivity index (χ3v) is 2.41. The maximum atomic E-state index is 10.0. The lowest BCUT2D eigenvalue weighted by Crippen LogP contribution is -2.00. The van der Waals surface area contributed by atoms with Gasteiger partial charge in [0.05, 0.1) is 5.02 Å². The van der Waals surface area contributed by atoms with Crippen LogP contribution in [-0.4, -0.2) is 15.1 Å². The van der Waals surface area contributed by atoms with Crippen LogP contribution in [0.2, 0.25) is 5.02 Å². The summed E-state index contributed by atoms with van der Waals surface area (Å²) in [4.78, 5) is 7.80. The van der Waals surface area contributed by atoms with Gasteiger partial charge in [0.1, 0.15) is 6.10 Å². The molecule has 0 fully saturated rings. The fourth-order valence-electron chi connectivity index (χ4n) is 1.32. The molecule has 0 aromatic carbocycles. The molecular weight excluding hydrogens is 212 g/mol. The molecule has 2 aromatic rings. The van der Waals surface area contributed by atoms with Gasteiger partial charge in [-0.25, -0.2) is 0 Å². The molecule has 2 rings (SSSR count). The minimum absolute atomic E-state index is 0.453. The summed E-state index contributed by atoms with van der Waals surface area (Å²) in [7, 11) is 0. The smallest absolute Gasteiger partial charge is 0.107 e. The predicted octanol–water partition coefficient (Wildman–Crippen LogP) is 2.21. The van der Waals surface area contributed by atoms with Crippen LogP contribution in [-0.2, 0) is 0 Å². The second-order valence-corrected chi connectivity index (χ2v) is 3.49. The Hall–Kier alpha value is -1.45. The highest BCUT2D eigenvalue weighted by Gasteiger charge is 2.13. The average Bonchev–Trinajstić information content (AvgIpc) is 2.30. The van der Waals surface area contributed by atoms with Gasteiger partial charge in [-0.1, -0.05) is 17.7 Å². The highest BCUT2D eigenvalue weighted by Crippen LogP contribution is 2.26. The third-order valence-electron chi connectivity index (χ3n) is 2.10. The number of aliphatic hydroxyl groups excluding tert-OH is 1. The van der Waals surface area contributed by atoms with E-state index in [1.165, 1.54) is 6.20 Å². The lowest BCUT2D eigenvalue weighted by molar-refractivity contribution is 0.220. The molecule has 0 amide bonds. The SMILES string of the molecule is OC(c1cccnc1)c1ccncc1Cl. The highest BCUT2D eigenvalue weighted by molar-refractivity contribution is 6.31. The standard InChI is InChI=1S/C11H9ClN2O/c12-10-7-14-5-3-9(10)11(15)8-2-1-4-13-6-8/h1-7,11,15H. The molecule has 0 radical (unpaired) electrons. The highest BCUT2D eigenvalue weighted by atomic mass is 35.5. The van der Waals surface area contributed by atoms with Gasteiger partial charge in [0.15, 0.2) is 0 Å². The number of hydrogen-bond acceptors (Lipinski definition) is 3.